The van der Waals surface area contributed by atoms with Crippen LogP contribution in [0.3, 0.4) is 0 Å². The third-order valence-electron chi connectivity index (χ3n) is 6.19. The SMILES string of the molecule is C/C=C/c1cnc2c(c1)C(=O)N([C@H](C)CO)C[C@H](C)[C@H](CN(C)C(=O)C1CCC1)O2. The molecule has 2 aliphatic rings. The van der Waals surface area contributed by atoms with Crippen molar-refractivity contribution in [3.05, 3.63) is 29.5 Å². The first-order valence-corrected chi connectivity index (χ1v) is 10.8. The van der Waals surface area contributed by atoms with Crippen molar-refractivity contribution < 1.29 is 19.4 Å². The number of pyridine rings is 1. The van der Waals surface area contributed by atoms with Gasteiger partial charge in [0, 0.05) is 31.6 Å². The lowest BCUT2D eigenvalue weighted by Crippen LogP contribution is -2.51. The number of rotatable bonds is 6. The minimum Gasteiger partial charge on any atom is -0.472 e. The summed E-state index contributed by atoms with van der Waals surface area (Å²) in [6, 6.07) is 1.45. The van der Waals surface area contributed by atoms with Gasteiger partial charge in [-0.05, 0) is 38.3 Å². The molecular weight excluding hydrogens is 382 g/mol. The molecule has 1 N–H and O–H groups in total. The zero-order valence-corrected chi connectivity index (χ0v) is 18.4. The molecule has 30 heavy (non-hydrogen) atoms. The van der Waals surface area contributed by atoms with Gasteiger partial charge in [-0.25, -0.2) is 4.98 Å². The van der Waals surface area contributed by atoms with Gasteiger partial charge < -0.3 is 19.6 Å². The molecule has 1 aliphatic carbocycles. The lowest BCUT2D eigenvalue weighted by atomic mass is 9.84. The van der Waals surface area contributed by atoms with Crippen LogP contribution in [-0.2, 0) is 4.79 Å². The Bertz CT molecular complexity index is 806. The summed E-state index contributed by atoms with van der Waals surface area (Å²) in [6.07, 6.45) is 8.17. The quantitative estimate of drug-likeness (QED) is 0.772. The molecule has 2 heterocycles. The second-order valence-corrected chi connectivity index (χ2v) is 8.59. The van der Waals surface area contributed by atoms with E-state index in [-0.39, 0.29) is 48.3 Å². The fourth-order valence-electron chi connectivity index (χ4n) is 3.95. The first kappa shape index (κ1) is 22.3. The minimum atomic E-state index is -0.328. The molecule has 3 atom stereocenters. The molecule has 7 heteroatoms. The molecular formula is C23H33N3O4. The molecule has 0 radical (unpaired) electrons. The number of aliphatic hydroxyl groups is 1. The van der Waals surface area contributed by atoms with E-state index in [0.29, 0.717) is 18.7 Å². The van der Waals surface area contributed by atoms with E-state index in [1.165, 1.54) is 0 Å². The summed E-state index contributed by atoms with van der Waals surface area (Å²) in [7, 11) is 1.82. The molecule has 0 spiro atoms. The molecule has 7 nitrogen and oxygen atoms in total. The van der Waals surface area contributed by atoms with Gasteiger partial charge in [0.2, 0.25) is 11.8 Å². The van der Waals surface area contributed by atoms with E-state index in [9.17, 15) is 14.7 Å². The molecule has 0 unspecified atom stereocenters. The number of amides is 2. The zero-order valence-electron chi connectivity index (χ0n) is 18.4. The highest BCUT2D eigenvalue weighted by atomic mass is 16.5. The fourth-order valence-corrected chi connectivity index (χ4v) is 3.95. The summed E-state index contributed by atoms with van der Waals surface area (Å²) in [6.45, 7) is 6.49. The summed E-state index contributed by atoms with van der Waals surface area (Å²) in [4.78, 5) is 33.8. The van der Waals surface area contributed by atoms with E-state index >= 15 is 0 Å². The third kappa shape index (κ3) is 4.67. The van der Waals surface area contributed by atoms with Gasteiger partial charge in [-0.1, -0.05) is 25.5 Å². The van der Waals surface area contributed by atoms with Crippen LogP contribution in [0.15, 0.2) is 18.3 Å². The van der Waals surface area contributed by atoms with E-state index < -0.39 is 0 Å². The van der Waals surface area contributed by atoms with Gasteiger partial charge in [0.1, 0.15) is 11.7 Å². The highest BCUT2D eigenvalue weighted by Crippen LogP contribution is 2.30. The summed E-state index contributed by atoms with van der Waals surface area (Å²) in [5, 5.41) is 9.71. The first-order valence-electron chi connectivity index (χ1n) is 10.8. The van der Waals surface area contributed by atoms with Gasteiger partial charge in [0.25, 0.3) is 5.91 Å². The summed E-state index contributed by atoms with van der Waals surface area (Å²) in [5.74, 6) is 0.330. The van der Waals surface area contributed by atoms with E-state index in [1.54, 1.807) is 22.1 Å². The van der Waals surface area contributed by atoms with Crippen molar-refractivity contribution in [3.8, 4) is 5.88 Å². The molecule has 3 rings (SSSR count). The van der Waals surface area contributed by atoms with Gasteiger partial charge in [-0.15, -0.1) is 0 Å². The van der Waals surface area contributed by atoms with Crippen LogP contribution in [0.25, 0.3) is 6.08 Å². The Balaban J connectivity index is 1.91. The Morgan fingerprint density at radius 3 is 2.80 bits per heavy atom. The van der Waals surface area contributed by atoms with Crippen LogP contribution in [0.5, 0.6) is 5.88 Å². The number of carbonyl (C=O) groups excluding carboxylic acids is 2. The fraction of sp³-hybridized carbons (Fsp3) is 0.609. The van der Waals surface area contributed by atoms with Crippen molar-refractivity contribution in [1.29, 1.82) is 0 Å². The average molecular weight is 416 g/mol. The molecule has 1 fully saturated rings. The third-order valence-corrected chi connectivity index (χ3v) is 6.19. The maximum atomic E-state index is 13.3. The van der Waals surface area contributed by atoms with Crippen LogP contribution < -0.4 is 4.74 Å². The van der Waals surface area contributed by atoms with Crippen molar-refractivity contribution in [2.75, 3.05) is 26.7 Å². The van der Waals surface area contributed by atoms with Gasteiger partial charge in [0.05, 0.1) is 19.2 Å². The maximum Gasteiger partial charge on any atom is 0.259 e. The Hall–Kier alpha value is -2.41. The summed E-state index contributed by atoms with van der Waals surface area (Å²) in [5.41, 5.74) is 1.20. The smallest absolute Gasteiger partial charge is 0.259 e. The predicted molar refractivity (Wildman–Crippen MR) is 115 cm³/mol. The number of allylic oxidation sites excluding steroid dienone is 1. The normalized spacial score (nSPS) is 23.2. The zero-order chi connectivity index (χ0) is 21.8. The topological polar surface area (TPSA) is 83.0 Å². The molecule has 1 aromatic rings. The number of fused-ring (bicyclic) bond motifs is 1. The van der Waals surface area contributed by atoms with E-state index in [0.717, 1.165) is 24.8 Å². The number of likely N-dealkylation sites (N-methyl/N-ethyl adjacent to an activating group) is 1. The van der Waals surface area contributed by atoms with Crippen molar-refractivity contribution in [2.45, 2.75) is 52.2 Å². The lowest BCUT2D eigenvalue weighted by Gasteiger charge is -2.38. The van der Waals surface area contributed by atoms with Crippen LogP contribution in [0.2, 0.25) is 0 Å². The molecule has 164 valence electrons. The van der Waals surface area contributed by atoms with E-state index in [2.05, 4.69) is 4.98 Å². The van der Waals surface area contributed by atoms with Gasteiger partial charge in [-0.2, -0.15) is 0 Å². The number of ether oxygens (including phenoxy) is 1. The Labute approximate surface area is 178 Å². The van der Waals surface area contributed by atoms with Crippen molar-refractivity contribution in [2.24, 2.45) is 11.8 Å². The van der Waals surface area contributed by atoms with E-state index in [4.69, 9.17) is 4.74 Å². The molecule has 1 aromatic heterocycles. The predicted octanol–water partition coefficient (Wildman–Crippen LogP) is 2.59. The summed E-state index contributed by atoms with van der Waals surface area (Å²) >= 11 is 0. The number of hydrogen-bond acceptors (Lipinski definition) is 5. The Morgan fingerprint density at radius 2 is 2.20 bits per heavy atom. The standard InChI is InChI=1S/C23H33N3O4/c1-5-7-17-10-19-21(24-11-17)30-20(13-25(4)22(28)18-8-6-9-18)15(2)12-26(23(19)29)16(3)14-27/h5,7,10-11,15-16,18,20,27H,6,8-9,12-14H2,1-4H3/b7-5+/t15-,16+,20-/m0/s1. The number of aromatic nitrogens is 1. The first-order chi connectivity index (χ1) is 14.3. The molecule has 0 saturated heterocycles. The van der Waals surface area contributed by atoms with Crippen LogP contribution in [0, 0.1) is 11.8 Å². The largest absolute Gasteiger partial charge is 0.472 e. The van der Waals surface area contributed by atoms with Gasteiger partial charge in [0.15, 0.2) is 0 Å². The maximum absolute atomic E-state index is 13.3. The Kier molecular flexibility index (Phi) is 7.13. The Morgan fingerprint density at radius 1 is 1.47 bits per heavy atom. The monoisotopic (exact) mass is 415 g/mol. The lowest BCUT2D eigenvalue weighted by molar-refractivity contribution is -0.138. The van der Waals surface area contributed by atoms with Crippen LogP contribution in [-0.4, -0.2) is 70.6 Å². The molecule has 0 bridgehead atoms. The van der Waals surface area contributed by atoms with Crippen LogP contribution in [0.4, 0.5) is 0 Å². The van der Waals surface area contributed by atoms with Crippen molar-refractivity contribution in [1.82, 2.24) is 14.8 Å². The highest BCUT2D eigenvalue weighted by Gasteiger charge is 2.36. The molecule has 1 aliphatic heterocycles. The van der Waals surface area contributed by atoms with Crippen molar-refractivity contribution in [3.63, 3.8) is 0 Å². The summed E-state index contributed by atoms with van der Waals surface area (Å²) < 4.78 is 6.23. The molecule has 1 saturated carbocycles. The van der Waals surface area contributed by atoms with Gasteiger partial charge >= 0.3 is 0 Å². The number of aliphatic hydroxyl groups excluding tert-OH is 1. The molecule has 2 amide bonds. The van der Waals surface area contributed by atoms with Crippen LogP contribution >= 0.6 is 0 Å². The number of hydrogen-bond donors (Lipinski definition) is 1. The van der Waals surface area contributed by atoms with Gasteiger partial charge in [-0.3, -0.25) is 9.59 Å². The second kappa shape index (κ2) is 9.60. The second-order valence-electron chi connectivity index (χ2n) is 8.59. The van der Waals surface area contributed by atoms with Crippen molar-refractivity contribution >= 4 is 17.9 Å². The van der Waals surface area contributed by atoms with Crippen LogP contribution in [0.1, 0.15) is 56.0 Å². The average Bonchev–Trinajstić information content (AvgIpc) is 2.69. The number of nitrogens with zero attached hydrogens (tertiary/aromatic N) is 3. The minimum absolute atomic E-state index is 0.0373. The highest BCUT2D eigenvalue weighted by molar-refractivity contribution is 5.97. The van der Waals surface area contributed by atoms with E-state index in [1.807, 2.05) is 40.0 Å². The molecule has 0 aromatic carbocycles. The number of carbonyl (C=O) groups is 2.